The first-order valence-corrected chi connectivity index (χ1v) is 5.68. The van der Waals surface area contributed by atoms with E-state index in [1.54, 1.807) is 37.4 Å². The summed E-state index contributed by atoms with van der Waals surface area (Å²) < 4.78 is 24.1. The molecule has 0 amide bonds. The van der Waals surface area contributed by atoms with E-state index in [4.69, 9.17) is 14.9 Å². The lowest BCUT2D eigenvalue weighted by molar-refractivity contribution is 0.415. The molecular weight excluding hydrogens is 247 g/mol. The van der Waals surface area contributed by atoms with Crippen molar-refractivity contribution in [3.63, 3.8) is 0 Å². The molecule has 0 atom stereocenters. The van der Waals surface area contributed by atoms with Crippen molar-refractivity contribution < 1.29 is 13.5 Å². The fraction of sp³-hybridized carbons (Fsp3) is 0.0714. The lowest BCUT2D eigenvalue weighted by atomic mass is 10.2. The molecule has 0 spiro atoms. The van der Waals surface area contributed by atoms with Crippen LogP contribution in [0.1, 0.15) is 0 Å². The molecule has 2 aromatic carbocycles. The SMILES string of the molecule is COc1ccc2oc(-c3cccc(F)c3N)nc2c1. The molecule has 2 N–H and O–H groups in total. The van der Waals surface area contributed by atoms with Crippen molar-refractivity contribution >= 4 is 16.8 Å². The second kappa shape index (κ2) is 4.28. The van der Waals surface area contributed by atoms with Gasteiger partial charge in [0.2, 0.25) is 5.89 Å². The van der Waals surface area contributed by atoms with Gasteiger partial charge >= 0.3 is 0 Å². The smallest absolute Gasteiger partial charge is 0.229 e. The van der Waals surface area contributed by atoms with Crippen LogP contribution in [0.5, 0.6) is 5.75 Å². The fourth-order valence-electron chi connectivity index (χ4n) is 1.87. The highest BCUT2D eigenvalue weighted by Crippen LogP contribution is 2.31. The van der Waals surface area contributed by atoms with E-state index in [0.29, 0.717) is 28.3 Å². The maximum atomic E-state index is 13.4. The van der Waals surface area contributed by atoms with E-state index in [0.717, 1.165) is 0 Å². The minimum absolute atomic E-state index is 0.0287. The number of benzene rings is 2. The van der Waals surface area contributed by atoms with E-state index in [2.05, 4.69) is 4.98 Å². The zero-order chi connectivity index (χ0) is 13.4. The third kappa shape index (κ3) is 1.89. The number of methoxy groups -OCH3 is 1. The van der Waals surface area contributed by atoms with Crippen LogP contribution in [-0.2, 0) is 0 Å². The predicted molar refractivity (Wildman–Crippen MR) is 70.4 cm³/mol. The highest BCUT2D eigenvalue weighted by molar-refractivity contribution is 5.80. The third-order valence-electron chi connectivity index (χ3n) is 2.88. The van der Waals surface area contributed by atoms with Gasteiger partial charge in [-0.3, -0.25) is 0 Å². The molecule has 0 saturated heterocycles. The summed E-state index contributed by atoms with van der Waals surface area (Å²) in [7, 11) is 1.58. The van der Waals surface area contributed by atoms with Crippen molar-refractivity contribution in [3.05, 3.63) is 42.2 Å². The van der Waals surface area contributed by atoms with Gasteiger partial charge in [0, 0.05) is 6.07 Å². The molecule has 0 saturated carbocycles. The minimum Gasteiger partial charge on any atom is -0.497 e. The summed E-state index contributed by atoms with van der Waals surface area (Å²) in [6, 6.07) is 9.80. The number of rotatable bonds is 2. The number of ether oxygens (including phenoxy) is 1. The van der Waals surface area contributed by atoms with E-state index in [-0.39, 0.29) is 5.69 Å². The highest BCUT2D eigenvalue weighted by atomic mass is 19.1. The van der Waals surface area contributed by atoms with Crippen molar-refractivity contribution in [3.8, 4) is 17.2 Å². The van der Waals surface area contributed by atoms with E-state index in [1.165, 1.54) is 6.07 Å². The van der Waals surface area contributed by atoms with Gasteiger partial charge < -0.3 is 14.9 Å². The molecule has 0 bridgehead atoms. The van der Waals surface area contributed by atoms with Crippen LogP contribution >= 0.6 is 0 Å². The Morgan fingerprint density at radius 1 is 1.26 bits per heavy atom. The molecule has 0 aliphatic carbocycles. The summed E-state index contributed by atoms with van der Waals surface area (Å²) >= 11 is 0. The molecule has 4 nitrogen and oxygen atoms in total. The number of nitrogens with two attached hydrogens (primary N) is 1. The van der Waals surface area contributed by atoms with Crippen LogP contribution in [-0.4, -0.2) is 12.1 Å². The highest BCUT2D eigenvalue weighted by Gasteiger charge is 2.13. The Bertz CT molecular complexity index is 752. The number of fused-ring (bicyclic) bond motifs is 1. The number of oxazole rings is 1. The summed E-state index contributed by atoms with van der Waals surface area (Å²) in [4.78, 5) is 4.30. The second-order valence-electron chi connectivity index (χ2n) is 4.05. The number of para-hydroxylation sites is 1. The Hall–Kier alpha value is -2.56. The first-order valence-electron chi connectivity index (χ1n) is 5.68. The van der Waals surface area contributed by atoms with Gasteiger partial charge in [0.25, 0.3) is 0 Å². The molecule has 19 heavy (non-hydrogen) atoms. The lowest BCUT2D eigenvalue weighted by Gasteiger charge is -2.01. The fourth-order valence-corrected chi connectivity index (χ4v) is 1.87. The van der Waals surface area contributed by atoms with Crippen LogP contribution in [0.2, 0.25) is 0 Å². The van der Waals surface area contributed by atoms with Crippen LogP contribution in [0.4, 0.5) is 10.1 Å². The van der Waals surface area contributed by atoms with Gasteiger partial charge in [0.1, 0.15) is 17.1 Å². The van der Waals surface area contributed by atoms with Gasteiger partial charge in [-0.15, -0.1) is 0 Å². The average molecular weight is 258 g/mol. The van der Waals surface area contributed by atoms with E-state index in [9.17, 15) is 4.39 Å². The maximum absolute atomic E-state index is 13.4. The largest absolute Gasteiger partial charge is 0.497 e. The van der Waals surface area contributed by atoms with Gasteiger partial charge in [-0.25, -0.2) is 9.37 Å². The predicted octanol–water partition coefficient (Wildman–Crippen LogP) is 3.22. The van der Waals surface area contributed by atoms with E-state index in [1.807, 2.05) is 0 Å². The number of anilines is 1. The topological polar surface area (TPSA) is 61.3 Å². The molecule has 96 valence electrons. The van der Waals surface area contributed by atoms with Crippen LogP contribution in [0, 0.1) is 5.82 Å². The van der Waals surface area contributed by atoms with Crippen molar-refractivity contribution in [1.29, 1.82) is 0 Å². The number of hydrogen-bond acceptors (Lipinski definition) is 4. The van der Waals surface area contributed by atoms with Gasteiger partial charge in [-0.1, -0.05) is 6.07 Å². The molecule has 3 aromatic rings. The summed E-state index contributed by atoms with van der Waals surface area (Å²) in [6.07, 6.45) is 0. The number of nitrogen functional groups attached to an aromatic ring is 1. The molecule has 3 rings (SSSR count). The Kier molecular flexibility index (Phi) is 2.59. The Morgan fingerprint density at radius 2 is 2.11 bits per heavy atom. The molecule has 1 heterocycles. The molecule has 0 aliphatic heterocycles. The standard InChI is InChI=1S/C14H11FN2O2/c1-18-8-5-6-12-11(7-8)17-14(19-12)9-3-2-4-10(15)13(9)16/h2-7H,16H2,1H3. The monoisotopic (exact) mass is 258 g/mol. The van der Waals surface area contributed by atoms with E-state index < -0.39 is 5.82 Å². The summed E-state index contributed by atoms with van der Waals surface area (Å²) in [6.45, 7) is 0. The molecular formula is C14H11FN2O2. The zero-order valence-electron chi connectivity index (χ0n) is 10.2. The Balaban J connectivity index is 2.18. The van der Waals surface area contributed by atoms with Crippen molar-refractivity contribution in [2.24, 2.45) is 0 Å². The number of aromatic nitrogens is 1. The van der Waals surface area contributed by atoms with Crippen LogP contribution in [0.15, 0.2) is 40.8 Å². The third-order valence-corrected chi connectivity index (χ3v) is 2.88. The molecule has 5 heteroatoms. The average Bonchev–Trinajstić information content (AvgIpc) is 2.84. The second-order valence-corrected chi connectivity index (χ2v) is 4.05. The lowest BCUT2D eigenvalue weighted by Crippen LogP contribution is -1.93. The molecule has 1 aromatic heterocycles. The van der Waals surface area contributed by atoms with Crippen LogP contribution < -0.4 is 10.5 Å². The van der Waals surface area contributed by atoms with Gasteiger partial charge in [-0.2, -0.15) is 0 Å². The first-order chi connectivity index (χ1) is 9.19. The number of nitrogens with zero attached hydrogens (tertiary/aromatic N) is 1. The Morgan fingerprint density at radius 3 is 2.89 bits per heavy atom. The number of halogens is 1. The van der Waals surface area contributed by atoms with Crippen molar-refractivity contribution in [1.82, 2.24) is 4.98 Å². The van der Waals surface area contributed by atoms with Gasteiger partial charge in [0.05, 0.1) is 18.4 Å². The van der Waals surface area contributed by atoms with Crippen LogP contribution in [0.3, 0.4) is 0 Å². The van der Waals surface area contributed by atoms with Gasteiger partial charge in [0.15, 0.2) is 5.58 Å². The summed E-state index contributed by atoms with van der Waals surface area (Å²) in [5.74, 6) is 0.483. The molecule has 0 unspecified atom stereocenters. The van der Waals surface area contributed by atoms with Crippen molar-refractivity contribution in [2.45, 2.75) is 0 Å². The van der Waals surface area contributed by atoms with Crippen molar-refractivity contribution in [2.75, 3.05) is 12.8 Å². The quantitative estimate of drug-likeness (QED) is 0.717. The van der Waals surface area contributed by atoms with Crippen LogP contribution in [0.25, 0.3) is 22.6 Å². The zero-order valence-corrected chi connectivity index (χ0v) is 10.2. The molecule has 0 radical (unpaired) electrons. The summed E-state index contributed by atoms with van der Waals surface area (Å²) in [5.41, 5.74) is 7.40. The molecule has 0 fully saturated rings. The maximum Gasteiger partial charge on any atom is 0.229 e. The van der Waals surface area contributed by atoms with E-state index >= 15 is 0 Å². The van der Waals surface area contributed by atoms with Gasteiger partial charge in [-0.05, 0) is 24.3 Å². The number of hydrogen-bond donors (Lipinski definition) is 1. The normalized spacial score (nSPS) is 10.8. The summed E-state index contributed by atoms with van der Waals surface area (Å²) in [5, 5.41) is 0. The first kappa shape index (κ1) is 11.5. The molecule has 0 aliphatic rings. The Labute approximate surface area is 108 Å². The minimum atomic E-state index is -0.489.